The van der Waals surface area contributed by atoms with Crippen LogP contribution in [-0.2, 0) is 6.54 Å². The van der Waals surface area contributed by atoms with E-state index in [4.69, 9.17) is 5.73 Å². The van der Waals surface area contributed by atoms with E-state index in [1.165, 1.54) is 0 Å². The Morgan fingerprint density at radius 1 is 1.43 bits per heavy atom. The zero-order valence-electron chi connectivity index (χ0n) is 7.88. The van der Waals surface area contributed by atoms with E-state index < -0.39 is 0 Å². The van der Waals surface area contributed by atoms with Gasteiger partial charge in [-0.05, 0) is 13.0 Å². The first-order chi connectivity index (χ1) is 6.74. The average Bonchev–Trinajstić information content (AvgIpc) is 2.54. The summed E-state index contributed by atoms with van der Waals surface area (Å²) >= 11 is 0. The number of rotatable bonds is 2. The first kappa shape index (κ1) is 8.68. The van der Waals surface area contributed by atoms with Crippen molar-refractivity contribution in [2.45, 2.75) is 13.5 Å². The van der Waals surface area contributed by atoms with Gasteiger partial charge in [-0.15, -0.1) is 0 Å². The number of nitrogens with zero attached hydrogens (tertiary/aromatic N) is 4. The van der Waals surface area contributed by atoms with Crippen LogP contribution in [-0.4, -0.2) is 19.7 Å². The number of aromatic nitrogens is 4. The van der Waals surface area contributed by atoms with Crippen LogP contribution >= 0.6 is 0 Å². The molecule has 0 unspecified atom stereocenters. The standard InChI is InChI=1S/C9H11N5/c1-7-5-8(10)13-9(12-7)6-14-4-2-3-11-14/h2-5H,6H2,1H3,(H2,10,12,13). The lowest BCUT2D eigenvalue weighted by molar-refractivity contribution is 0.654. The maximum atomic E-state index is 5.61. The summed E-state index contributed by atoms with van der Waals surface area (Å²) in [4.78, 5) is 8.37. The zero-order valence-corrected chi connectivity index (χ0v) is 7.88. The SMILES string of the molecule is Cc1cc(N)nc(Cn2cccn2)n1. The molecule has 5 heteroatoms. The van der Waals surface area contributed by atoms with E-state index in [2.05, 4.69) is 15.1 Å². The second-order valence-electron chi connectivity index (χ2n) is 3.05. The quantitative estimate of drug-likeness (QED) is 0.751. The van der Waals surface area contributed by atoms with Crippen LogP contribution in [0.2, 0.25) is 0 Å². The van der Waals surface area contributed by atoms with E-state index in [1.54, 1.807) is 16.9 Å². The maximum Gasteiger partial charge on any atom is 0.152 e. The molecule has 0 aromatic carbocycles. The Bertz CT molecular complexity index is 401. The van der Waals surface area contributed by atoms with Gasteiger partial charge in [-0.1, -0.05) is 0 Å². The minimum atomic E-state index is 0.500. The van der Waals surface area contributed by atoms with E-state index in [0.29, 0.717) is 18.2 Å². The summed E-state index contributed by atoms with van der Waals surface area (Å²) in [6, 6.07) is 3.60. The number of aryl methyl sites for hydroxylation is 1. The van der Waals surface area contributed by atoms with Crippen molar-refractivity contribution in [2.75, 3.05) is 5.73 Å². The third-order valence-electron chi connectivity index (χ3n) is 1.78. The van der Waals surface area contributed by atoms with Crippen molar-refractivity contribution in [1.82, 2.24) is 19.7 Å². The second-order valence-corrected chi connectivity index (χ2v) is 3.05. The highest BCUT2D eigenvalue weighted by Crippen LogP contribution is 2.02. The van der Waals surface area contributed by atoms with Gasteiger partial charge >= 0.3 is 0 Å². The minimum Gasteiger partial charge on any atom is -0.384 e. The number of anilines is 1. The van der Waals surface area contributed by atoms with E-state index in [0.717, 1.165) is 5.69 Å². The van der Waals surface area contributed by atoms with Crippen LogP contribution in [0.25, 0.3) is 0 Å². The van der Waals surface area contributed by atoms with Crippen molar-refractivity contribution < 1.29 is 0 Å². The fourth-order valence-corrected chi connectivity index (χ4v) is 1.27. The summed E-state index contributed by atoms with van der Waals surface area (Å²) in [7, 11) is 0. The molecule has 0 aliphatic heterocycles. The van der Waals surface area contributed by atoms with E-state index in [1.807, 2.05) is 19.2 Å². The molecule has 0 aliphatic carbocycles. The summed E-state index contributed by atoms with van der Waals surface area (Å²) in [6.07, 6.45) is 3.58. The van der Waals surface area contributed by atoms with Gasteiger partial charge in [0, 0.05) is 24.2 Å². The van der Waals surface area contributed by atoms with Crippen LogP contribution in [0.1, 0.15) is 11.5 Å². The normalized spacial score (nSPS) is 10.4. The van der Waals surface area contributed by atoms with Gasteiger partial charge in [-0.25, -0.2) is 9.97 Å². The fraction of sp³-hybridized carbons (Fsp3) is 0.222. The molecule has 0 radical (unpaired) electrons. The van der Waals surface area contributed by atoms with Crippen LogP contribution in [0, 0.1) is 6.92 Å². The fourth-order valence-electron chi connectivity index (χ4n) is 1.27. The molecule has 14 heavy (non-hydrogen) atoms. The molecule has 0 saturated heterocycles. The van der Waals surface area contributed by atoms with Crippen molar-refractivity contribution in [2.24, 2.45) is 0 Å². The molecule has 2 heterocycles. The molecule has 0 amide bonds. The Morgan fingerprint density at radius 3 is 2.93 bits per heavy atom. The predicted molar refractivity (Wildman–Crippen MR) is 52.5 cm³/mol. The largest absolute Gasteiger partial charge is 0.384 e. The lowest BCUT2D eigenvalue weighted by Crippen LogP contribution is -2.07. The molecule has 72 valence electrons. The van der Waals surface area contributed by atoms with Gasteiger partial charge in [-0.3, -0.25) is 4.68 Å². The monoisotopic (exact) mass is 189 g/mol. The molecule has 0 spiro atoms. The van der Waals surface area contributed by atoms with Gasteiger partial charge in [0.15, 0.2) is 5.82 Å². The van der Waals surface area contributed by atoms with Crippen molar-refractivity contribution in [3.05, 3.63) is 36.0 Å². The van der Waals surface area contributed by atoms with Gasteiger partial charge in [0.25, 0.3) is 0 Å². The molecule has 5 nitrogen and oxygen atoms in total. The molecule has 0 aliphatic rings. The van der Waals surface area contributed by atoms with Crippen molar-refractivity contribution in [3.8, 4) is 0 Å². The van der Waals surface area contributed by atoms with Gasteiger partial charge in [0.1, 0.15) is 12.4 Å². The third-order valence-corrected chi connectivity index (χ3v) is 1.78. The summed E-state index contributed by atoms with van der Waals surface area (Å²) in [6.45, 7) is 2.45. The Hall–Kier alpha value is -1.91. The van der Waals surface area contributed by atoms with Crippen LogP contribution in [0.3, 0.4) is 0 Å². The summed E-state index contributed by atoms with van der Waals surface area (Å²) in [5.74, 6) is 1.19. The minimum absolute atomic E-state index is 0.500. The molecule has 2 aromatic rings. The van der Waals surface area contributed by atoms with Gasteiger partial charge < -0.3 is 5.73 Å². The molecular formula is C9H11N5. The van der Waals surface area contributed by atoms with Gasteiger partial charge in [0.2, 0.25) is 0 Å². The van der Waals surface area contributed by atoms with Crippen LogP contribution in [0.15, 0.2) is 24.5 Å². The highest BCUT2D eigenvalue weighted by Gasteiger charge is 2.00. The first-order valence-electron chi connectivity index (χ1n) is 4.31. The van der Waals surface area contributed by atoms with E-state index in [9.17, 15) is 0 Å². The van der Waals surface area contributed by atoms with Crippen molar-refractivity contribution in [1.29, 1.82) is 0 Å². The Morgan fingerprint density at radius 2 is 2.29 bits per heavy atom. The van der Waals surface area contributed by atoms with Gasteiger partial charge in [0.05, 0.1) is 0 Å². The number of hydrogen-bond donors (Lipinski definition) is 1. The van der Waals surface area contributed by atoms with Gasteiger partial charge in [-0.2, -0.15) is 5.10 Å². The average molecular weight is 189 g/mol. The summed E-state index contributed by atoms with van der Waals surface area (Å²) in [5, 5.41) is 4.07. The Labute approximate surface area is 81.6 Å². The molecule has 2 aromatic heterocycles. The second kappa shape index (κ2) is 3.45. The molecule has 0 bridgehead atoms. The lowest BCUT2D eigenvalue weighted by atomic mass is 10.4. The molecule has 0 fully saturated rings. The lowest BCUT2D eigenvalue weighted by Gasteiger charge is -2.02. The van der Waals surface area contributed by atoms with Crippen molar-refractivity contribution in [3.63, 3.8) is 0 Å². The Kier molecular flexibility index (Phi) is 2.14. The van der Waals surface area contributed by atoms with Crippen LogP contribution in [0.5, 0.6) is 0 Å². The van der Waals surface area contributed by atoms with E-state index in [-0.39, 0.29) is 0 Å². The van der Waals surface area contributed by atoms with Crippen LogP contribution < -0.4 is 5.73 Å². The van der Waals surface area contributed by atoms with Crippen molar-refractivity contribution >= 4 is 5.82 Å². The molecular weight excluding hydrogens is 178 g/mol. The molecule has 0 saturated carbocycles. The highest BCUT2D eigenvalue weighted by molar-refractivity contribution is 5.29. The van der Waals surface area contributed by atoms with E-state index >= 15 is 0 Å². The summed E-state index contributed by atoms with van der Waals surface area (Å²) in [5.41, 5.74) is 6.48. The number of nitrogen functional groups attached to an aromatic ring is 1. The Balaban J connectivity index is 2.25. The molecule has 0 atom stereocenters. The smallest absolute Gasteiger partial charge is 0.152 e. The molecule has 2 N–H and O–H groups in total. The zero-order chi connectivity index (χ0) is 9.97. The summed E-state index contributed by atoms with van der Waals surface area (Å²) < 4.78 is 1.76. The highest BCUT2D eigenvalue weighted by atomic mass is 15.3. The maximum absolute atomic E-state index is 5.61. The third kappa shape index (κ3) is 1.87. The topological polar surface area (TPSA) is 69.6 Å². The molecule has 2 rings (SSSR count). The number of hydrogen-bond acceptors (Lipinski definition) is 4. The first-order valence-corrected chi connectivity index (χ1v) is 4.31. The van der Waals surface area contributed by atoms with Crippen LogP contribution in [0.4, 0.5) is 5.82 Å². The predicted octanol–water partition coefficient (Wildman–Crippen LogP) is 0.612. The number of nitrogens with two attached hydrogens (primary N) is 1.